The molecule has 54 heavy (non-hydrogen) atoms. The molecule has 0 N–H and O–H groups in total. The van der Waals surface area contributed by atoms with Gasteiger partial charge in [0, 0.05) is 48.4 Å². The van der Waals surface area contributed by atoms with Crippen LogP contribution in [-0.4, -0.2) is 32.9 Å². The van der Waals surface area contributed by atoms with E-state index < -0.39 is 106 Å². The maximum absolute atomic E-state index is 15.6. The summed E-state index contributed by atoms with van der Waals surface area (Å²) in [6, 6.07) is 4.73. The molecule has 17 heteroatoms. The molecular weight excluding hydrogens is 745 g/mol. The second-order valence-corrected chi connectivity index (χ2v) is 12.9. The Kier molecular flexibility index (Phi) is 16.0. The summed E-state index contributed by atoms with van der Waals surface area (Å²) in [5, 5.41) is 0. The molecule has 0 aromatic heterocycles. The fourth-order valence-electron chi connectivity index (χ4n) is 5.24. The summed E-state index contributed by atoms with van der Waals surface area (Å²) >= 11 is 0. The fourth-order valence-corrected chi connectivity index (χ4v) is 5.24. The number of unbranched alkanes of at least 4 members (excludes halogenated alkanes) is 6. The number of rotatable bonds is 16. The Labute approximate surface area is 305 Å². The first-order chi connectivity index (χ1) is 25.3. The van der Waals surface area contributed by atoms with Crippen LogP contribution in [0, 0.1) is 75.9 Å². The van der Waals surface area contributed by atoms with Crippen molar-refractivity contribution in [3.8, 4) is 17.2 Å². The number of halogens is 12. The summed E-state index contributed by atoms with van der Waals surface area (Å²) in [5.41, 5.74) is -0.433. The van der Waals surface area contributed by atoms with E-state index in [0.717, 1.165) is 50.7 Å². The zero-order valence-electron chi connectivity index (χ0n) is 29.6. The van der Waals surface area contributed by atoms with Gasteiger partial charge in [0.25, 0.3) is 0 Å². The second kappa shape index (κ2) is 19.7. The van der Waals surface area contributed by atoms with Crippen LogP contribution < -0.4 is 14.0 Å². The molecule has 0 spiro atoms. The lowest BCUT2D eigenvalue weighted by molar-refractivity contribution is -0.902. The first kappa shape index (κ1) is 43.9. The molecule has 4 aromatic carbocycles. The van der Waals surface area contributed by atoms with E-state index in [0.29, 0.717) is 43.2 Å². The molecule has 294 valence electrons. The molecular formula is C37H36BF12NO3. The Morgan fingerprint density at radius 1 is 0.519 bits per heavy atom. The highest BCUT2D eigenvalue weighted by atomic mass is 19.2. The quantitative estimate of drug-likeness (QED) is 0.0283. The topological polar surface area (TPSA) is 27.7 Å². The van der Waals surface area contributed by atoms with E-state index in [1.165, 1.54) is 0 Å². The van der Waals surface area contributed by atoms with Gasteiger partial charge < -0.3 is 18.4 Å². The van der Waals surface area contributed by atoms with Crippen LogP contribution in [-0.2, 0) is 0 Å². The molecule has 0 aliphatic rings. The van der Waals surface area contributed by atoms with Crippen molar-refractivity contribution in [1.29, 1.82) is 0 Å². The molecule has 0 fully saturated rings. The lowest BCUT2D eigenvalue weighted by Gasteiger charge is -2.36. The largest absolute Gasteiger partial charge is 0.864 e. The molecule has 4 nitrogen and oxygen atoms in total. The highest BCUT2D eigenvalue weighted by Crippen LogP contribution is 2.40. The Balaban J connectivity index is 0.000000759. The molecule has 0 heterocycles. The Morgan fingerprint density at radius 2 is 0.926 bits per heavy atom. The van der Waals surface area contributed by atoms with E-state index in [-0.39, 0.29) is 4.48 Å². The maximum atomic E-state index is 15.6. The van der Waals surface area contributed by atoms with Crippen molar-refractivity contribution < 1.29 is 71.1 Å². The third-order valence-electron chi connectivity index (χ3n) is 7.95. The van der Waals surface area contributed by atoms with Crippen LogP contribution in [0.1, 0.15) is 69.9 Å². The minimum atomic E-state index is -2.33. The molecule has 0 aliphatic heterocycles. The molecule has 0 saturated carbocycles. The molecule has 0 radical (unpaired) electrons. The van der Waals surface area contributed by atoms with Gasteiger partial charge in [-0.25, -0.2) is 43.9 Å². The second-order valence-electron chi connectivity index (χ2n) is 12.9. The lowest BCUT2D eigenvalue weighted by Crippen LogP contribution is -2.41. The van der Waals surface area contributed by atoms with E-state index in [1.807, 2.05) is 0 Å². The summed E-state index contributed by atoms with van der Waals surface area (Å²) in [7, 11) is 2.74. The van der Waals surface area contributed by atoms with Crippen molar-refractivity contribution in [2.45, 2.75) is 64.3 Å². The van der Waals surface area contributed by atoms with Gasteiger partial charge in [0.2, 0.25) is 0 Å². The van der Waals surface area contributed by atoms with Crippen molar-refractivity contribution in [3.63, 3.8) is 0 Å². The molecule has 0 amide bonds. The first-order valence-corrected chi connectivity index (χ1v) is 16.6. The maximum Gasteiger partial charge on any atom is 0.864 e. The number of hydrogen-bond donors (Lipinski definition) is 0. The third-order valence-corrected chi connectivity index (χ3v) is 7.95. The van der Waals surface area contributed by atoms with Gasteiger partial charge in [-0.15, -0.1) is 12.1 Å². The van der Waals surface area contributed by atoms with Gasteiger partial charge in [-0.2, -0.15) is 6.07 Å². The molecule has 0 aliphatic carbocycles. The molecule has 0 saturated heterocycles. The predicted molar refractivity (Wildman–Crippen MR) is 175 cm³/mol. The minimum absolute atomic E-state index is 0.0172. The smallest absolute Gasteiger partial charge is 0.489 e. The standard InChI is InChI=1S/C31H34BF9NO3.C6H2F3/c1-5-6-7-8-9-10-11-12-25(42(2,3)4)27-26(17-24(37)30(40)31(27)41)45-32(43-18-13-20(33)28(38)21(34)14-18)44-19-15-22(35)29(39)23(36)16-19;7-4-2-1-3-5(8)6(4)9/h13-17,25H,5-12H2,1-4H3;2-3H/q+1;-1. The van der Waals surface area contributed by atoms with Crippen molar-refractivity contribution in [2.75, 3.05) is 21.1 Å². The Morgan fingerprint density at radius 3 is 1.35 bits per heavy atom. The monoisotopic (exact) mass is 781 g/mol. The highest BCUT2D eigenvalue weighted by Gasteiger charge is 2.39. The minimum Gasteiger partial charge on any atom is -0.489 e. The van der Waals surface area contributed by atoms with Crippen LogP contribution in [0.15, 0.2) is 42.5 Å². The summed E-state index contributed by atoms with van der Waals surface area (Å²) < 4.78 is 179. The van der Waals surface area contributed by atoms with Crippen LogP contribution in [0.2, 0.25) is 0 Å². The van der Waals surface area contributed by atoms with Crippen molar-refractivity contribution in [1.82, 2.24) is 0 Å². The van der Waals surface area contributed by atoms with E-state index in [4.69, 9.17) is 14.0 Å². The van der Waals surface area contributed by atoms with Crippen LogP contribution in [0.4, 0.5) is 52.7 Å². The molecule has 1 atom stereocenters. The highest BCUT2D eigenvalue weighted by molar-refractivity contribution is 6.39. The van der Waals surface area contributed by atoms with Gasteiger partial charge in [-0.3, -0.25) is 8.78 Å². The van der Waals surface area contributed by atoms with Crippen molar-refractivity contribution in [3.05, 3.63) is 124 Å². The van der Waals surface area contributed by atoms with E-state index >= 15 is 4.39 Å². The average Bonchev–Trinajstić information content (AvgIpc) is 3.09. The van der Waals surface area contributed by atoms with Gasteiger partial charge >= 0.3 is 7.32 Å². The third kappa shape index (κ3) is 12.0. The molecule has 4 aromatic rings. The molecule has 4 rings (SSSR count). The molecule has 0 bridgehead atoms. The number of quaternary nitrogens is 1. The van der Waals surface area contributed by atoms with E-state index in [2.05, 4.69) is 13.0 Å². The predicted octanol–water partition coefficient (Wildman–Crippen LogP) is 11.3. The zero-order valence-corrected chi connectivity index (χ0v) is 29.6. The van der Waals surface area contributed by atoms with E-state index in [9.17, 15) is 48.3 Å². The first-order valence-electron chi connectivity index (χ1n) is 16.6. The van der Waals surface area contributed by atoms with Crippen molar-refractivity contribution in [2.24, 2.45) is 0 Å². The Hall–Kier alpha value is -4.54. The number of nitrogens with zero attached hydrogens (tertiary/aromatic N) is 1. The summed E-state index contributed by atoms with van der Waals surface area (Å²) in [6.45, 7) is 2.09. The molecule has 1 unspecified atom stereocenters. The van der Waals surface area contributed by atoms with Gasteiger partial charge in [0.15, 0.2) is 52.4 Å². The summed E-state index contributed by atoms with van der Waals surface area (Å²) in [6.07, 6.45) is 6.81. The van der Waals surface area contributed by atoms with Gasteiger partial charge in [0.1, 0.15) is 23.3 Å². The number of benzene rings is 4. The summed E-state index contributed by atoms with van der Waals surface area (Å²) in [4.78, 5) is 0. The van der Waals surface area contributed by atoms with Crippen LogP contribution in [0.25, 0.3) is 0 Å². The van der Waals surface area contributed by atoms with Crippen LogP contribution in [0.5, 0.6) is 17.2 Å². The van der Waals surface area contributed by atoms with Gasteiger partial charge in [0.05, 0.1) is 32.5 Å². The van der Waals surface area contributed by atoms with Crippen LogP contribution in [0.3, 0.4) is 0 Å². The zero-order chi connectivity index (χ0) is 40.3. The van der Waals surface area contributed by atoms with Gasteiger partial charge in [-0.05, 0) is 6.42 Å². The normalized spacial score (nSPS) is 11.9. The average molecular weight is 781 g/mol. The lowest BCUT2D eigenvalue weighted by atomic mass is 9.95. The summed E-state index contributed by atoms with van der Waals surface area (Å²) in [5.74, 6) is -21.6. The fraction of sp³-hybridized carbons (Fsp3) is 0.351. The number of hydrogen-bond acceptors (Lipinski definition) is 3. The Bertz CT molecular complexity index is 1750. The van der Waals surface area contributed by atoms with E-state index in [1.54, 1.807) is 21.1 Å². The van der Waals surface area contributed by atoms with Crippen LogP contribution >= 0.6 is 0 Å². The SMILES string of the molecule is CCCCCCCCCC(c1c(OB(Oc2cc(F)c(F)c(F)c2)Oc2cc(F)c(F)c(F)c2)cc(F)c(F)c1F)[N+](C)(C)C.Fc1c[c-]cc(F)c1F. The van der Waals surface area contributed by atoms with Crippen molar-refractivity contribution >= 4 is 7.32 Å². The van der Waals surface area contributed by atoms with Gasteiger partial charge in [-0.1, -0.05) is 45.4 Å².